The van der Waals surface area contributed by atoms with Gasteiger partial charge in [-0.1, -0.05) is 0 Å². The molecule has 2 aliphatic heterocycles. The number of alkyl halides is 12. The Bertz CT molecular complexity index is 649. The van der Waals surface area contributed by atoms with Gasteiger partial charge in [-0.05, 0) is 0 Å². The molecule has 0 aromatic carbocycles. The molecule has 170 valence electrons. The molecule has 19 heteroatoms. The van der Waals surface area contributed by atoms with Crippen LogP contribution in [0.25, 0.3) is 0 Å². The van der Waals surface area contributed by atoms with E-state index in [-0.39, 0.29) is 0 Å². The van der Waals surface area contributed by atoms with E-state index in [1.807, 2.05) is 0 Å². The molecule has 0 radical (unpaired) electrons. The lowest BCUT2D eigenvalue weighted by Gasteiger charge is -2.30. The van der Waals surface area contributed by atoms with E-state index in [1.54, 1.807) is 0 Å². The van der Waals surface area contributed by atoms with Crippen molar-refractivity contribution >= 4 is 0 Å². The quantitative estimate of drug-likeness (QED) is 0.344. The van der Waals surface area contributed by atoms with Crippen LogP contribution in [-0.4, -0.2) is 36.6 Å². The third kappa shape index (κ3) is 4.86. The van der Waals surface area contributed by atoms with Crippen molar-refractivity contribution in [3.05, 3.63) is 23.6 Å². The maximum Gasteiger partial charge on any atom is 0.478 e. The Morgan fingerprint density at radius 2 is 1.00 bits per heavy atom. The average Bonchev–Trinajstić information content (AvgIpc) is 2.99. The molecule has 0 saturated heterocycles. The summed E-state index contributed by atoms with van der Waals surface area (Å²) in [4.78, 5) is 6.28. The third-order valence-corrected chi connectivity index (χ3v) is 2.66. The molecule has 0 saturated carbocycles. The Hall–Kier alpha value is -2.21. The highest BCUT2D eigenvalue weighted by atomic mass is 19.4. The Morgan fingerprint density at radius 3 is 1.21 bits per heavy atom. The smallest absolute Gasteiger partial charge is 0.408 e. The lowest BCUT2D eigenvalue weighted by molar-refractivity contribution is -0.442. The van der Waals surface area contributed by atoms with E-state index in [9.17, 15) is 65.9 Å². The summed E-state index contributed by atoms with van der Waals surface area (Å²) in [5.41, 5.74) is -2.51. The first kappa shape index (κ1) is 24.8. The molecule has 0 aromatic rings. The highest BCUT2D eigenvalue weighted by molar-refractivity contribution is 5.19. The van der Waals surface area contributed by atoms with Crippen molar-refractivity contribution in [3.8, 4) is 0 Å². The van der Waals surface area contributed by atoms with E-state index in [1.165, 1.54) is 0 Å². The molecule has 0 spiro atoms. The van der Waals surface area contributed by atoms with Crippen molar-refractivity contribution in [2.24, 2.45) is 0 Å². The fourth-order valence-electron chi connectivity index (χ4n) is 1.51. The van der Waals surface area contributed by atoms with E-state index in [0.717, 1.165) is 0 Å². The molecular formula is C10HF15O4. The van der Waals surface area contributed by atoms with Crippen molar-refractivity contribution in [3.63, 3.8) is 0 Å². The van der Waals surface area contributed by atoms with Crippen LogP contribution in [0.5, 0.6) is 0 Å². The average molecular weight is 470 g/mol. The van der Waals surface area contributed by atoms with E-state index in [0.29, 0.717) is 0 Å². The number of rotatable bonds is 0. The van der Waals surface area contributed by atoms with Crippen LogP contribution in [0.4, 0.5) is 65.9 Å². The van der Waals surface area contributed by atoms with Crippen LogP contribution in [0.15, 0.2) is 23.6 Å². The Kier molecular flexibility index (Phi) is 6.20. The third-order valence-electron chi connectivity index (χ3n) is 2.66. The minimum atomic E-state index is -6.17. The second-order valence-corrected chi connectivity index (χ2v) is 4.65. The molecule has 0 fully saturated rings. The summed E-state index contributed by atoms with van der Waals surface area (Å²) in [6, 6.07) is -7.82. The van der Waals surface area contributed by atoms with Gasteiger partial charge in [-0.25, -0.2) is 0 Å². The Morgan fingerprint density at radius 1 is 0.621 bits per heavy atom. The van der Waals surface area contributed by atoms with Gasteiger partial charge in [0.1, 0.15) is 0 Å². The van der Waals surface area contributed by atoms with Crippen LogP contribution in [0, 0.1) is 0 Å². The van der Waals surface area contributed by atoms with Crippen LogP contribution in [0.3, 0.4) is 0 Å². The van der Waals surface area contributed by atoms with Crippen molar-refractivity contribution < 1.29 is 85.1 Å². The molecule has 1 atom stereocenters. The van der Waals surface area contributed by atoms with Gasteiger partial charge < -0.3 is 14.4 Å². The summed E-state index contributed by atoms with van der Waals surface area (Å²) in [7, 11) is 0. The molecule has 0 amide bonds. The molecule has 2 rings (SSSR count). The van der Waals surface area contributed by atoms with Gasteiger partial charge in [0.2, 0.25) is 6.10 Å². The van der Waals surface area contributed by atoms with Crippen LogP contribution >= 0.6 is 0 Å². The fraction of sp³-hybridized carbons (Fsp3) is 0.600. The summed E-state index contributed by atoms with van der Waals surface area (Å²) >= 11 is 0. The lowest BCUT2D eigenvalue weighted by Crippen LogP contribution is -2.58. The van der Waals surface area contributed by atoms with Crippen LogP contribution < -0.4 is 0 Å². The molecule has 29 heavy (non-hydrogen) atoms. The summed E-state index contributed by atoms with van der Waals surface area (Å²) in [6.07, 6.45) is -26.6. The summed E-state index contributed by atoms with van der Waals surface area (Å²) < 4.78 is 184. The molecule has 2 aliphatic rings. The molecular weight excluding hydrogens is 469 g/mol. The highest BCUT2D eigenvalue weighted by Crippen LogP contribution is 2.52. The SMILES string of the molecule is FC1=C(C(F)(F)F)C(C(F)(F)F)OO1.FC1=C(F)OC(C(F)(F)F)(C(F)(F)F)O1. The molecule has 1 unspecified atom stereocenters. The number of hydrogen-bond acceptors (Lipinski definition) is 4. The first-order valence-electron chi connectivity index (χ1n) is 6.09. The highest BCUT2D eigenvalue weighted by Gasteiger charge is 2.80. The predicted molar refractivity (Wildman–Crippen MR) is 52.5 cm³/mol. The number of hydrogen-bond donors (Lipinski definition) is 0. The van der Waals surface area contributed by atoms with Crippen molar-refractivity contribution in [2.45, 2.75) is 36.6 Å². The zero-order chi connectivity index (χ0) is 23.2. The van der Waals surface area contributed by atoms with Crippen LogP contribution in [0.1, 0.15) is 0 Å². The molecule has 0 aliphatic carbocycles. The van der Waals surface area contributed by atoms with Gasteiger partial charge >= 0.3 is 48.5 Å². The Balaban J connectivity index is 0.000000291. The first-order valence-corrected chi connectivity index (χ1v) is 6.09. The maximum absolute atomic E-state index is 12.2. The molecule has 0 bridgehead atoms. The molecule has 0 aromatic heterocycles. The fourth-order valence-corrected chi connectivity index (χ4v) is 1.51. The van der Waals surface area contributed by atoms with Gasteiger partial charge in [-0.3, -0.25) is 0 Å². The van der Waals surface area contributed by atoms with Crippen molar-refractivity contribution in [2.75, 3.05) is 0 Å². The van der Waals surface area contributed by atoms with E-state index in [4.69, 9.17) is 0 Å². The normalized spacial score (nSPS) is 22.7. The van der Waals surface area contributed by atoms with E-state index < -0.39 is 60.2 Å². The molecule has 4 nitrogen and oxygen atoms in total. The van der Waals surface area contributed by atoms with Crippen molar-refractivity contribution in [1.82, 2.24) is 0 Å². The number of ether oxygens (including phenoxy) is 2. The summed E-state index contributed by atoms with van der Waals surface area (Å²) in [5.74, 6) is -5.31. The molecule has 2 heterocycles. The summed E-state index contributed by atoms with van der Waals surface area (Å²) in [6.45, 7) is 0. The van der Waals surface area contributed by atoms with Gasteiger partial charge in [0.25, 0.3) is 0 Å². The standard InChI is InChI=1S/C5F8O2.C5HF7O2/c6-1-2(7)15-3(14-1,4(8,9)10)5(11,12)13;6-3-1(4(7,8)9)2(13-14-3)5(10,11)12/h;2H. The van der Waals surface area contributed by atoms with Crippen LogP contribution in [0.2, 0.25) is 0 Å². The maximum atomic E-state index is 12.2. The van der Waals surface area contributed by atoms with Crippen LogP contribution in [-0.2, 0) is 19.2 Å². The monoisotopic (exact) mass is 470 g/mol. The minimum absolute atomic E-state index is 2.42. The van der Waals surface area contributed by atoms with Gasteiger partial charge in [0.05, 0.1) is 0 Å². The van der Waals surface area contributed by atoms with E-state index >= 15 is 0 Å². The van der Waals surface area contributed by atoms with Crippen molar-refractivity contribution in [1.29, 1.82) is 0 Å². The second-order valence-electron chi connectivity index (χ2n) is 4.65. The first-order chi connectivity index (χ1) is 12.6. The zero-order valence-electron chi connectivity index (χ0n) is 12.4. The van der Waals surface area contributed by atoms with Gasteiger partial charge in [0, 0.05) is 0 Å². The Labute approximate surface area is 147 Å². The van der Waals surface area contributed by atoms with Gasteiger partial charge in [-0.2, -0.15) is 70.7 Å². The predicted octanol–water partition coefficient (Wildman–Crippen LogP) is 5.54. The van der Waals surface area contributed by atoms with Gasteiger partial charge in [0.15, 0.2) is 5.57 Å². The van der Waals surface area contributed by atoms with Gasteiger partial charge in [-0.15, -0.1) is 0 Å². The molecule has 0 N–H and O–H groups in total. The number of halogens is 15. The lowest BCUT2D eigenvalue weighted by atomic mass is 10.1. The minimum Gasteiger partial charge on any atom is -0.408 e. The van der Waals surface area contributed by atoms with E-state index in [2.05, 4.69) is 19.2 Å². The summed E-state index contributed by atoms with van der Waals surface area (Å²) in [5, 5.41) is 0. The second kappa shape index (κ2) is 7.24. The topological polar surface area (TPSA) is 36.9 Å². The zero-order valence-corrected chi connectivity index (χ0v) is 12.4. The largest absolute Gasteiger partial charge is 0.478 e.